The Morgan fingerprint density at radius 3 is 2.68 bits per heavy atom. The second-order valence-electron chi connectivity index (χ2n) is 6.03. The molecule has 0 aromatic heterocycles. The van der Waals surface area contributed by atoms with Crippen LogP contribution in [0.5, 0.6) is 0 Å². The van der Waals surface area contributed by atoms with Gasteiger partial charge in [-0.05, 0) is 19.4 Å². The fourth-order valence-corrected chi connectivity index (χ4v) is 2.87. The summed E-state index contributed by atoms with van der Waals surface area (Å²) in [6.07, 6.45) is 2.15. The van der Waals surface area contributed by atoms with E-state index in [1.54, 1.807) is 0 Å². The molecule has 0 bridgehead atoms. The Bertz CT molecular complexity index is 428. The molecule has 1 N–H and O–H groups in total. The molecule has 0 saturated carbocycles. The fourth-order valence-electron chi connectivity index (χ4n) is 2.87. The van der Waals surface area contributed by atoms with Crippen LogP contribution in [-0.4, -0.2) is 41.5 Å². The largest absolute Gasteiger partial charge is 0.395 e. The molecule has 0 spiro atoms. The molecule has 1 atom stereocenters. The number of nitrogens with zero attached hydrogens (tertiary/aromatic N) is 1. The summed E-state index contributed by atoms with van der Waals surface area (Å²) in [5.41, 5.74) is 0.353. The first kappa shape index (κ1) is 14.2. The quantitative estimate of drug-likeness (QED) is 0.827. The van der Waals surface area contributed by atoms with Gasteiger partial charge in [-0.25, -0.2) is 0 Å². The third kappa shape index (κ3) is 3.23. The summed E-state index contributed by atoms with van der Waals surface area (Å²) in [7, 11) is 0. The van der Waals surface area contributed by atoms with Crippen LogP contribution in [0.4, 0.5) is 0 Å². The molecule has 3 heteroatoms. The molecular weight excluding hydrogens is 238 g/mol. The number of hydrogen-bond donors (Lipinski definition) is 1. The lowest BCUT2D eigenvalue weighted by atomic mass is 9.83. The highest BCUT2D eigenvalue weighted by Crippen LogP contribution is 2.27. The topological polar surface area (TPSA) is 40.5 Å². The number of ketones is 1. The molecule has 1 aromatic carbocycles. The van der Waals surface area contributed by atoms with Crippen LogP contribution in [0.15, 0.2) is 30.3 Å². The molecule has 1 aliphatic rings. The molecule has 0 amide bonds. The molecule has 0 radical (unpaired) electrons. The fraction of sp³-hybridized carbons (Fsp3) is 0.562. The molecule has 1 saturated heterocycles. The predicted molar refractivity (Wildman–Crippen MR) is 76.2 cm³/mol. The summed E-state index contributed by atoms with van der Waals surface area (Å²) in [4.78, 5) is 14.8. The number of Topliss-reactive ketones (excluding diaryl/α,β-unsaturated/α-hetero) is 1. The van der Waals surface area contributed by atoms with Gasteiger partial charge in [0, 0.05) is 23.6 Å². The minimum absolute atomic E-state index is 0.177. The Morgan fingerprint density at radius 1 is 1.37 bits per heavy atom. The smallest absolute Gasteiger partial charge is 0.169 e. The van der Waals surface area contributed by atoms with Gasteiger partial charge in [-0.15, -0.1) is 0 Å². The van der Waals surface area contributed by atoms with Gasteiger partial charge < -0.3 is 5.11 Å². The van der Waals surface area contributed by atoms with Crippen molar-refractivity contribution in [2.45, 2.75) is 32.7 Å². The van der Waals surface area contributed by atoms with E-state index in [-0.39, 0.29) is 18.4 Å². The minimum Gasteiger partial charge on any atom is -0.395 e. The first-order valence-electron chi connectivity index (χ1n) is 6.99. The molecule has 1 aliphatic heterocycles. The maximum absolute atomic E-state index is 12.6. The van der Waals surface area contributed by atoms with Crippen LogP contribution < -0.4 is 0 Å². The summed E-state index contributed by atoms with van der Waals surface area (Å²) in [5.74, 6) is 0.177. The molecule has 3 nitrogen and oxygen atoms in total. The van der Waals surface area contributed by atoms with E-state index in [4.69, 9.17) is 0 Å². The van der Waals surface area contributed by atoms with Gasteiger partial charge in [-0.1, -0.05) is 44.2 Å². The molecule has 19 heavy (non-hydrogen) atoms. The van der Waals surface area contributed by atoms with E-state index in [2.05, 4.69) is 4.90 Å². The Balaban J connectivity index is 2.07. The van der Waals surface area contributed by atoms with Gasteiger partial charge in [-0.3, -0.25) is 9.69 Å². The van der Waals surface area contributed by atoms with Crippen molar-refractivity contribution < 1.29 is 9.90 Å². The van der Waals surface area contributed by atoms with Crippen molar-refractivity contribution in [1.29, 1.82) is 0 Å². The molecule has 2 rings (SSSR count). The summed E-state index contributed by atoms with van der Waals surface area (Å²) in [6, 6.07) is 9.69. The Kier molecular flexibility index (Phi) is 4.38. The normalized spacial score (nSPS) is 20.7. The third-order valence-corrected chi connectivity index (χ3v) is 3.96. The Labute approximate surface area is 115 Å². The Hall–Kier alpha value is -1.19. The van der Waals surface area contributed by atoms with Gasteiger partial charge in [0.15, 0.2) is 5.78 Å². The van der Waals surface area contributed by atoms with Crippen molar-refractivity contribution in [3.05, 3.63) is 35.9 Å². The second kappa shape index (κ2) is 5.85. The second-order valence-corrected chi connectivity index (χ2v) is 6.03. The highest BCUT2D eigenvalue weighted by Gasteiger charge is 2.34. The zero-order chi connectivity index (χ0) is 13.9. The molecular formula is C16H23NO2. The van der Waals surface area contributed by atoms with Crippen LogP contribution >= 0.6 is 0 Å². The van der Waals surface area contributed by atoms with E-state index in [1.165, 1.54) is 0 Å². The number of likely N-dealkylation sites (tertiary alicyclic amines) is 1. The SMILES string of the molecule is CC(C)(CN1CCCC1CO)C(=O)c1ccccc1. The van der Waals surface area contributed by atoms with E-state index < -0.39 is 5.41 Å². The monoisotopic (exact) mass is 261 g/mol. The summed E-state index contributed by atoms with van der Waals surface area (Å²) < 4.78 is 0. The summed E-state index contributed by atoms with van der Waals surface area (Å²) >= 11 is 0. The van der Waals surface area contributed by atoms with Crippen molar-refractivity contribution in [2.24, 2.45) is 5.41 Å². The molecule has 104 valence electrons. The summed E-state index contributed by atoms with van der Waals surface area (Å²) in [5, 5.41) is 9.36. The first-order chi connectivity index (χ1) is 9.04. The van der Waals surface area contributed by atoms with E-state index in [1.807, 2.05) is 44.2 Å². The van der Waals surface area contributed by atoms with Crippen molar-refractivity contribution >= 4 is 5.78 Å². The van der Waals surface area contributed by atoms with Gasteiger partial charge in [0.25, 0.3) is 0 Å². The molecule has 1 unspecified atom stereocenters. The molecule has 1 fully saturated rings. The highest BCUT2D eigenvalue weighted by atomic mass is 16.3. The van der Waals surface area contributed by atoms with Crippen LogP contribution in [0.1, 0.15) is 37.0 Å². The van der Waals surface area contributed by atoms with Gasteiger partial charge in [0.05, 0.1) is 6.61 Å². The number of aliphatic hydroxyl groups excluding tert-OH is 1. The van der Waals surface area contributed by atoms with Crippen LogP contribution in [0, 0.1) is 5.41 Å². The molecule has 1 heterocycles. The van der Waals surface area contributed by atoms with Crippen molar-refractivity contribution in [2.75, 3.05) is 19.7 Å². The van der Waals surface area contributed by atoms with E-state index in [0.717, 1.165) is 24.9 Å². The third-order valence-electron chi connectivity index (χ3n) is 3.96. The maximum atomic E-state index is 12.6. The molecule has 1 aromatic rings. The maximum Gasteiger partial charge on any atom is 0.169 e. The predicted octanol–water partition coefficient (Wildman–Crippen LogP) is 2.35. The lowest BCUT2D eigenvalue weighted by Crippen LogP contribution is -2.42. The number of aliphatic hydroxyl groups is 1. The van der Waals surface area contributed by atoms with Crippen molar-refractivity contribution in [3.63, 3.8) is 0 Å². The number of rotatable bonds is 5. The lowest BCUT2D eigenvalue weighted by Gasteiger charge is -2.32. The Morgan fingerprint density at radius 2 is 2.05 bits per heavy atom. The standard InChI is InChI=1S/C16H23NO2/c1-16(2,12-17-10-6-9-14(17)11-18)15(19)13-7-4-3-5-8-13/h3-5,7-8,14,18H,6,9-12H2,1-2H3. The van der Waals surface area contributed by atoms with Gasteiger partial charge in [-0.2, -0.15) is 0 Å². The van der Waals surface area contributed by atoms with Crippen molar-refractivity contribution in [3.8, 4) is 0 Å². The van der Waals surface area contributed by atoms with Crippen LogP contribution in [0.3, 0.4) is 0 Å². The number of hydrogen-bond acceptors (Lipinski definition) is 3. The average molecular weight is 261 g/mol. The molecule has 0 aliphatic carbocycles. The number of benzene rings is 1. The van der Waals surface area contributed by atoms with E-state index >= 15 is 0 Å². The van der Waals surface area contributed by atoms with Crippen LogP contribution in [0.2, 0.25) is 0 Å². The van der Waals surface area contributed by atoms with E-state index in [0.29, 0.717) is 6.54 Å². The van der Waals surface area contributed by atoms with Gasteiger partial charge >= 0.3 is 0 Å². The van der Waals surface area contributed by atoms with Crippen LogP contribution in [-0.2, 0) is 0 Å². The van der Waals surface area contributed by atoms with Gasteiger partial charge in [0.2, 0.25) is 0 Å². The van der Waals surface area contributed by atoms with E-state index in [9.17, 15) is 9.90 Å². The summed E-state index contributed by atoms with van der Waals surface area (Å²) in [6.45, 7) is 5.88. The number of carbonyl (C=O) groups excluding carboxylic acids is 1. The van der Waals surface area contributed by atoms with Crippen LogP contribution in [0.25, 0.3) is 0 Å². The van der Waals surface area contributed by atoms with Crippen molar-refractivity contribution in [1.82, 2.24) is 4.90 Å². The highest BCUT2D eigenvalue weighted by molar-refractivity contribution is 6.00. The minimum atomic E-state index is -0.418. The zero-order valence-electron chi connectivity index (χ0n) is 11.8. The average Bonchev–Trinajstić information content (AvgIpc) is 2.85. The number of carbonyl (C=O) groups is 1. The van der Waals surface area contributed by atoms with Gasteiger partial charge in [0.1, 0.15) is 0 Å². The first-order valence-corrected chi connectivity index (χ1v) is 6.99. The lowest BCUT2D eigenvalue weighted by molar-refractivity contribution is 0.0708. The zero-order valence-corrected chi connectivity index (χ0v) is 11.8.